The molecule has 0 bridgehead atoms. The Morgan fingerprint density at radius 2 is 1.29 bits per heavy atom. The average molecular weight is 488 g/mol. The van der Waals surface area contributed by atoms with Gasteiger partial charge in [-0.15, -0.1) is 0 Å². The van der Waals surface area contributed by atoms with Gasteiger partial charge in [0.15, 0.2) is 5.82 Å². The number of rotatable bonds is 2. The van der Waals surface area contributed by atoms with Crippen LogP contribution in [0.1, 0.15) is 25.0 Å². The lowest BCUT2D eigenvalue weighted by Gasteiger charge is -2.21. The lowest BCUT2D eigenvalue weighted by molar-refractivity contribution is 0.661. The molecule has 7 aromatic rings. The first-order valence-electron chi connectivity index (χ1n) is 13.1. The minimum absolute atomic E-state index is 0.104. The summed E-state index contributed by atoms with van der Waals surface area (Å²) in [5.41, 5.74) is 9.56. The van der Waals surface area contributed by atoms with Crippen molar-refractivity contribution in [2.24, 2.45) is 0 Å². The summed E-state index contributed by atoms with van der Waals surface area (Å²) in [7, 11) is 0. The van der Waals surface area contributed by atoms with Crippen molar-refractivity contribution in [1.29, 1.82) is 0 Å². The van der Waals surface area contributed by atoms with Crippen LogP contribution >= 0.6 is 0 Å². The van der Waals surface area contributed by atoms with E-state index in [0.717, 1.165) is 22.6 Å². The number of hydrogen-bond acceptors (Lipinski definition) is 2. The average Bonchev–Trinajstić information content (AvgIpc) is 3.43. The first-order valence-corrected chi connectivity index (χ1v) is 13.1. The molecule has 0 radical (unpaired) electrons. The number of hydrogen-bond donors (Lipinski definition) is 0. The Bertz CT molecular complexity index is 2030. The van der Waals surface area contributed by atoms with Gasteiger partial charge < -0.3 is 0 Å². The second-order valence-electron chi connectivity index (χ2n) is 10.7. The second kappa shape index (κ2) is 7.62. The Labute approximate surface area is 221 Å². The molecule has 0 spiro atoms. The largest absolute Gasteiger partial charge is 0.292 e. The molecule has 0 N–H and O–H groups in total. The fraction of sp³-hybridized carbons (Fsp3) is 0.0857. The molecule has 0 fully saturated rings. The maximum absolute atomic E-state index is 4.98. The van der Waals surface area contributed by atoms with Crippen LogP contribution in [0.2, 0.25) is 0 Å². The van der Waals surface area contributed by atoms with Gasteiger partial charge >= 0.3 is 0 Å². The van der Waals surface area contributed by atoms with Crippen molar-refractivity contribution in [1.82, 2.24) is 14.5 Å². The molecule has 0 unspecified atom stereocenters. The summed E-state index contributed by atoms with van der Waals surface area (Å²) in [6.45, 7) is 4.69. The first kappa shape index (κ1) is 21.3. The molecule has 0 saturated carbocycles. The Hall–Kier alpha value is -4.76. The van der Waals surface area contributed by atoms with E-state index < -0.39 is 0 Å². The van der Waals surface area contributed by atoms with Crippen LogP contribution in [0.4, 0.5) is 0 Å². The van der Waals surface area contributed by atoms with Gasteiger partial charge in [-0.2, -0.15) is 0 Å². The van der Waals surface area contributed by atoms with Crippen LogP contribution in [0.25, 0.3) is 60.8 Å². The van der Waals surface area contributed by atoms with Gasteiger partial charge in [-0.25, -0.2) is 4.98 Å². The van der Waals surface area contributed by atoms with Crippen molar-refractivity contribution in [3.8, 4) is 28.2 Å². The van der Waals surface area contributed by atoms with E-state index in [1.165, 1.54) is 49.3 Å². The summed E-state index contributed by atoms with van der Waals surface area (Å²) in [6, 6.07) is 36.8. The highest BCUT2D eigenvalue weighted by Crippen LogP contribution is 2.54. The van der Waals surface area contributed by atoms with Gasteiger partial charge in [0, 0.05) is 27.3 Å². The van der Waals surface area contributed by atoms with Crippen molar-refractivity contribution >= 4 is 32.6 Å². The van der Waals surface area contributed by atoms with E-state index in [9.17, 15) is 0 Å². The van der Waals surface area contributed by atoms with E-state index >= 15 is 0 Å². The molecule has 0 aliphatic heterocycles. The molecule has 0 saturated heterocycles. The molecule has 1 aliphatic rings. The molecule has 8 rings (SSSR count). The number of fused-ring (bicyclic) bond motifs is 9. The van der Waals surface area contributed by atoms with Crippen molar-refractivity contribution < 1.29 is 0 Å². The summed E-state index contributed by atoms with van der Waals surface area (Å²) in [4.78, 5) is 9.83. The summed E-state index contributed by atoms with van der Waals surface area (Å²) >= 11 is 0. The zero-order chi connectivity index (χ0) is 25.4. The standard InChI is InChI=1S/C35H25N3/c1-35(2)27-18-16-22-10-6-7-13-24(22)32(27)33-28(35)19-17-26-25-14-8-9-15-30(25)38(34(26)33)31-21-36-29(20-37-31)23-11-4-3-5-12-23/h3-21H,1-2H3. The summed E-state index contributed by atoms with van der Waals surface area (Å²) in [5, 5.41) is 5.03. The summed E-state index contributed by atoms with van der Waals surface area (Å²) in [5.74, 6) is 0.829. The Morgan fingerprint density at radius 3 is 2.11 bits per heavy atom. The van der Waals surface area contributed by atoms with Gasteiger partial charge in [-0.3, -0.25) is 9.55 Å². The predicted octanol–water partition coefficient (Wildman–Crippen LogP) is 8.70. The molecule has 5 aromatic carbocycles. The fourth-order valence-corrected chi connectivity index (χ4v) is 6.47. The quantitative estimate of drug-likeness (QED) is 0.244. The minimum atomic E-state index is -0.104. The van der Waals surface area contributed by atoms with Gasteiger partial charge in [-0.05, 0) is 33.5 Å². The number of nitrogens with zero attached hydrogens (tertiary/aromatic N) is 3. The molecule has 1 aliphatic carbocycles. The maximum atomic E-state index is 4.98. The molecule has 0 atom stereocenters. The van der Waals surface area contributed by atoms with E-state index in [1.807, 2.05) is 30.6 Å². The highest BCUT2D eigenvalue weighted by Gasteiger charge is 2.38. The number of aromatic nitrogens is 3. The molecule has 2 heterocycles. The molecular formula is C35H25N3. The van der Waals surface area contributed by atoms with Gasteiger partial charge in [-0.1, -0.05) is 111 Å². The zero-order valence-corrected chi connectivity index (χ0v) is 21.3. The van der Waals surface area contributed by atoms with Crippen LogP contribution in [-0.4, -0.2) is 14.5 Å². The number of benzene rings is 5. The van der Waals surface area contributed by atoms with Crippen LogP contribution < -0.4 is 0 Å². The highest BCUT2D eigenvalue weighted by molar-refractivity contribution is 6.18. The Morgan fingerprint density at radius 1 is 0.579 bits per heavy atom. The molecule has 0 amide bonds. The van der Waals surface area contributed by atoms with Gasteiger partial charge in [0.1, 0.15) is 0 Å². The van der Waals surface area contributed by atoms with E-state index in [1.54, 1.807) is 0 Å². The SMILES string of the molecule is CC1(C)c2ccc3ccccc3c2-c2c1ccc1c3ccccc3n(-c3cnc(-c4ccccc4)cn3)c21. The smallest absolute Gasteiger partial charge is 0.156 e. The van der Waals surface area contributed by atoms with E-state index in [4.69, 9.17) is 9.97 Å². The number of para-hydroxylation sites is 1. The second-order valence-corrected chi connectivity index (χ2v) is 10.7. The first-order chi connectivity index (χ1) is 18.6. The van der Waals surface area contributed by atoms with Crippen molar-refractivity contribution in [2.75, 3.05) is 0 Å². The lowest BCUT2D eigenvalue weighted by atomic mass is 9.82. The molecule has 38 heavy (non-hydrogen) atoms. The van der Waals surface area contributed by atoms with Gasteiger partial charge in [0.25, 0.3) is 0 Å². The third kappa shape index (κ3) is 2.79. The van der Waals surface area contributed by atoms with Crippen LogP contribution in [0, 0.1) is 0 Å². The maximum Gasteiger partial charge on any atom is 0.156 e. The zero-order valence-electron chi connectivity index (χ0n) is 21.3. The fourth-order valence-electron chi connectivity index (χ4n) is 6.47. The van der Waals surface area contributed by atoms with Crippen molar-refractivity contribution in [3.63, 3.8) is 0 Å². The summed E-state index contributed by atoms with van der Waals surface area (Å²) in [6.07, 6.45) is 3.80. The van der Waals surface area contributed by atoms with Crippen LogP contribution in [0.3, 0.4) is 0 Å². The normalized spacial score (nSPS) is 13.7. The van der Waals surface area contributed by atoms with Crippen LogP contribution in [0.5, 0.6) is 0 Å². The van der Waals surface area contributed by atoms with Crippen molar-refractivity contribution in [3.05, 3.63) is 127 Å². The molecule has 3 heteroatoms. The molecular weight excluding hydrogens is 462 g/mol. The van der Waals surface area contributed by atoms with Gasteiger partial charge in [0.2, 0.25) is 0 Å². The van der Waals surface area contributed by atoms with E-state index in [2.05, 4.69) is 103 Å². The minimum Gasteiger partial charge on any atom is -0.292 e. The van der Waals surface area contributed by atoms with Crippen LogP contribution in [-0.2, 0) is 5.41 Å². The van der Waals surface area contributed by atoms with E-state index in [-0.39, 0.29) is 5.41 Å². The highest BCUT2D eigenvalue weighted by atomic mass is 15.1. The predicted molar refractivity (Wildman–Crippen MR) is 157 cm³/mol. The van der Waals surface area contributed by atoms with Crippen molar-refractivity contribution in [2.45, 2.75) is 19.3 Å². The molecule has 180 valence electrons. The van der Waals surface area contributed by atoms with E-state index in [0.29, 0.717) is 0 Å². The lowest BCUT2D eigenvalue weighted by Crippen LogP contribution is -2.14. The third-order valence-corrected chi connectivity index (χ3v) is 8.30. The Balaban J connectivity index is 1.50. The molecule has 3 nitrogen and oxygen atoms in total. The monoisotopic (exact) mass is 487 g/mol. The Kier molecular flexibility index (Phi) is 4.28. The van der Waals surface area contributed by atoms with Gasteiger partial charge in [0.05, 0.1) is 29.1 Å². The third-order valence-electron chi connectivity index (χ3n) is 8.30. The molecule has 2 aromatic heterocycles. The van der Waals surface area contributed by atoms with Crippen LogP contribution in [0.15, 0.2) is 116 Å². The topological polar surface area (TPSA) is 30.7 Å². The summed E-state index contributed by atoms with van der Waals surface area (Å²) < 4.78 is 2.32.